The summed E-state index contributed by atoms with van der Waals surface area (Å²) < 4.78 is 0. The van der Waals surface area contributed by atoms with E-state index in [0.29, 0.717) is 23.9 Å². The molecule has 1 saturated carbocycles. The Morgan fingerprint density at radius 2 is 1.72 bits per heavy atom. The van der Waals surface area contributed by atoms with Gasteiger partial charge in [-0.15, -0.1) is 0 Å². The molecule has 3 aromatic rings. The van der Waals surface area contributed by atoms with E-state index in [1.165, 1.54) is 36.2 Å². The number of aliphatic carboxylic acids is 1. The van der Waals surface area contributed by atoms with E-state index in [-0.39, 0.29) is 17.5 Å². The lowest BCUT2D eigenvalue weighted by Gasteiger charge is -2.34. The van der Waals surface area contributed by atoms with Gasteiger partial charge in [-0.25, -0.2) is 4.98 Å². The molecule has 2 heterocycles. The van der Waals surface area contributed by atoms with E-state index in [9.17, 15) is 19.7 Å². The predicted molar refractivity (Wildman–Crippen MR) is 182 cm³/mol. The number of carbonyl (C=O) groups is 2. The number of aromatic nitrogens is 2. The number of carboxylic acids is 1. The van der Waals surface area contributed by atoms with Gasteiger partial charge in [-0.1, -0.05) is 45.2 Å². The molecule has 0 unspecified atom stereocenters. The summed E-state index contributed by atoms with van der Waals surface area (Å²) in [4.78, 5) is 45.3. The van der Waals surface area contributed by atoms with Gasteiger partial charge in [0.1, 0.15) is 0 Å². The lowest BCUT2D eigenvalue weighted by atomic mass is 9.89. The Morgan fingerprint density at radius 1 is 1.07 bits per heavy atom. The number of nitrogens with zero attached hydrogens (tertiary/aromatic N) is 4. The molecule has 3 N–H and O–H groups in total. The number of carboxylic acid groups (broad SMARTS) is 1. The molecule has 2 aliphatic rings. The third-order valence-electron chi connectivity index (χ3n) is 8.53. The van der Waals surface area contributed by atoms with Crippen molar-refractivity contribution in [1.82, 2.24) is 20.2 Å². The number of hydrogen-bond acceptors (Lipinski definition) is 6. The molecule has 1 amide bonds. The molecule has 0 bridgehead atoms. The number of rotatable bonds is 9. The number of piperidine rings is 1. The van der Waals surface area contributed by atoms with Gasteiger partial charge in [0.15, 0.2) is 5.11 Å². The third kappa shape index (κ3) is 9.84. The molecule has 246 valence electrons. The number of nitrogens with one attached hydrogen (secondary N) is 2. The van der Waals surface area contributed by atoms with Crippen LogP contribution < -0.4 is 10.2 Å². The Morgan fingerprint density at radius 3 is 2.24 bits per heavy atom. The van der Waals surface area contributed by atoms with Crippen molar-refractivity contribution in [2.45, 2.75) is 71.3 Å². The summed E-state index contributed by atoms with van der Waals surface area (Å²) in [7, 11) is 0. The number of aromatic amines is 1. The van der Waals surface area contributed by atoms with Gasteiger partial charge in [-0.05, 0) is 79.6 Å². The second kappa shape index (κ2) is 16.8. The summed E-state index contributed by atoms with van der Waals surface area (Å²) in [6.45, 7) is 7.35. The molecular weight excluding hydrogens is 604 g/mol. The van der Waals surface area contributed by atoms with Crippen molar-refractivity contribution in [3.63, 3.8) is 0 Å². The minimum atomic E-state index is -0.602. The molecule has 0 radical (unpaired) electrons. The summed E-state index contributed by atoms with van der Waals surface area (Å²) in [6.07, 6.45) is 10.5. The smallest absolute Gasteiger partial charge is 0.306 e. The van der Waals surface area contributed by atoms with Gasteiger partial charge < -0.3 is 25.2 Å². The summed E-state index contributed by atoms with van der Waals surface area (Å²) in [5, 5.41) is 23.7. The average molecular weight is 649 g/mol. The molecule has 0 spiro atoms. The van der Waals surface area contributed by atoms with Crippen molar-refractivity contribution in [3.05, 3.63) is 88.0 Å². The van der Waals surface area contributed by atoms with Crippen molar-refractivity contribution in [1.29, 1.82) is 0 Å². The number of H-pyrrole nitrogens is 1. The van der Waals surface area contributed by atoms with Crippen LogP contribution in [0, 0.1) is 22.0 Å². The number of benzene rings is 2. The van der Waals surface area contributed by atoms with Crippen LogP contribution in [-0.2, 0) is 11.3 Å². The van der Waals surface area contributed by atoms with Gasteiger partial charge in [0, 0.05) is 49.2 Å². The number of anilines is 1. The molecule has 1 aliphatic carbocycles. The monoisotopic (exact) mass is 648 g/mol. The normalized spacial score (nSPS) is 15.5. The minimum Gasteiger partial charge on any atom is -0.481 e. The molecule has 2 fully saturated rings. The van der Waals surface area contributed by atoms with E-state index < -0.39 is 10.9 Å². The van der Waals surface area contributed by atoms with Crippen molar-refractivity contribution in [2.75, 3.05) is 24.5 Å². The van der Waals surface area contributed by atoms with E-state index >= 15 is 0 Å². The van der Waals surface area contributed by atoms with E-state index in [1.807, 2.05) is 12.1 Å². The average Bonchev–Trinajstić information content (AvgIpc) is 3.60. The van der Waals surface area contributed by atoms with Crippen molar-refractivity contribution in [3.8, 4) is 0 Å². The molecule has 1 saturated heterocycles. The quantitative estimate of drug-likeness (QED) is 0.134. The Labute approximate surface area is 275 Å². The molecule has 5 rings (SSSR count). The fraction of sp³-hybridized carbons (Fsp3) is 0.471. The highest BCUT2D eigenvalue weighted by molar-refractivity contribution is 7.80. The van der Waals surface area contributed by atoms with Gasteiger partial charge >= 0.3 is 5.97 Å². The molecule has 1 aliphatic heterocycles. The Hall–Kier alpha value is -4.32. The maximum Gasteiger partial charge on any atom is 0.306 e. The van der Waals surface area contributed by atoms with Crippen LogP contribution in [-0.4, -0.2) is 61.5 Å². The van der Waals surface area contributed by atoms with Gasteiger partial charge in [-0.2, -0.15) is 0 Å². The number of carbonyl (C=O) groups excluding carboxylic acids is 1. The number of amides is 1. The number of hydrogen-bond donors (Lipinski definition) is 3. The number of non-ortho nitro benzene ring substituents is 1. The third-order valence-corrected chi connectivity index (χ3v) is 8.93. The van der Waals surface area contributed by atoms with Crippen LogP contribution in [0.25, 0.3) is 0 Å². The zero-order chi connectivity index (χ0) is 33.1. The standard InChI is InChI=1S/C27H32N6O3S.C7H12O2/c1-19(2)15-29-27(37)31-13-11-21(12-14-31)20-3-7-24(8-4-20)32(17-23-16-28-18-30-23)26(34)22-5-9-25(10-6-22)33(35)36;8-7(9)6-4-2-1-3-5-6/h3-10,16,18-19,21H,11-15,17H2,1-2H3,(H,28,30)(H,29,37);6H,1-5H2,(H,8,9). The van der Waals surface area contributed by atoms with Crippen LogP contribution in [0.1, 0.15) is 86.3 Å². The first-order valence-electron chi connectivity index (χ1n) is 16.0. The molecule has 12 heteroatoms. The molecule has 2 aromatic carbocycles. The van der Waals surface area contributed by atoms with Crippen LogP contribution in [0.4, 0.5) is 11.4 Å². The molecule has 0 atom stereocenters. The van der Waals surface area contributed by atoms with E-state index in [0.717, 1.165) is 74.7 Å². The van der Waals surface area contributed by atoms with Crippen LogP contribution in [0.3, 0.4) is 0 Å². The van der Waals surface area contributed by atoms with Crippen LogP contribution in [0.15, 0.2) is 61.1 Å². The molecular formula is C34H44N6O5S. The summed E-state index contributed by atoms with van der Waals surface area (Å²) in [5.41, 5.74) is 3.10. The van der Waals surface area contributed by atoms with Crippen molar-refractivity contribution < 1.29 is 19.6 Å². The first kappa shape index (κ1) is 34.6. The van der Waals surface area contributed by atoms with E-state index in [2.05, 4.69) is 46.2 Å². The Bertz CT molecular complexity index is 1430. The highest BCUT2D eigenvalue weighted by Crippen LogP contribution is 2.30. The number of nitro groups is 1. The number of imidazole rings is 1. The number of nitro benzene ring substituents is 1. The second-order valence-electron chi connectivity index (χ2n) is 12.4. The largest absolute Gasteiger partial charge is 0.481 e. The SMILES string of the molecule is CC(C)CNC(=S)N1CCC(c2ccc(N(Cc3cnc[nH]3)C(=O)c3ccc([N+](=O)[O-])cc3)cc2)CC1.O=C(O)C1CCCCC1. The fourth-order valence-electron chi connectivity index (χ4n) is 5.80. The van der Waals surface area contributed by atoms with Crippen LogP contribution >= 0.6 is 12.2 Å². The fourth-order valence-corrected chi connectivity index (χ4v) is 6.06. The summed E-state index contributed by atoms with van der Waals surface area (Å²) in [6, 6.07) is 13.8. The molecule has 46 heavy (non-hydrogen) atoms. The zero-order valence-electron chi connectivity index (χ0n) is 26.6. The predicted octanol–water partition coefficient (Wildman–Crippen LogP) is 6.53. The van der Waals surface area contributed by atoms with Gasteiger partial charge in [0.2, 0.25) is 0 Å². The highest BCUT2D eigenvalue weighted by Gasteiger charge is 2.24. The van der Waals surface area contributed by atoms with Crippen molar-refractivity contribution in [2.24, 2.45) is 11.8 Å². The highest BCUT2D eigenvalue weighted by atomic mass is 32.1. The van der Waals surface area contributed by atoms with Gasteiger partial charge in [0.25, 0.3) is 11.6 Å². The van der Waals surface area contributed by atoms with Crippen LogP contribution in [0.2, 0.25) is 0 Å². The number of likely N-dealkylation sites (tertiary alicyclic amines) is 1. The Kier molecular flexibility index (Phi) is 12.6. The van der Waals surface area contributed by atoms with E-state index in [1.54, 1.807) is 17.4 Å². The maximum absolute atomic E-state index is 13.4. The maximum atomic E-state index is 13.4. The van der Waals surface area contributed by atoms with Crippen LogP contribution in [0.5, 0.6) is 0 Å². The lowest BCUT2D eigenvalue weighted by molar-refractivity contribution is -0.384. The summed E-state index contributed by atoms with van der Waals surface area (Å²) in [5.74, 6) is 0.111. The zero-order valence-corrected chi connectivity index (χ0v) is 27.4. The van der Waals surface area contributed by atoms with Gasteiger partial charge in [0.05, 0.1) is 29.4 Å². The summed E-state index contributed by atoms with van der Waals surface area (Å²) >= 11 is 5.56. The van der Waals surface area contributed by atoms with Gasteiger partial charge in [-0.3, -0.25) is 19.7 Å². The number of thiocarbonyl (C=S) groups is 1. The van der Waals surface area contributed by atoms with E-state index in [4.69, 9.17) is 17.3 Å². The second-order valence-corrected chi connectivity index (χ2v) is 12.8. The first-order chi connectivity index (χ1) is 22.1. The molecule has 1 aromatic heterocycles. The minimum absolute atomic E-state index is 0.0289. The Balaban J connectivity index is 0.000000459. The molecule has 11 nitrogen and oxygen atoms in total. The first-order valence-corrected chi connectivity index (χ1v) is 16.4. The van der Waals surface area contributed by atoms with Crippen molar-refractivity contribution >= 4 is 40.6 Å². The lowest BCUT2D eigenvalue weighted by Crippen LogP contribution is -2.44. The topological polar surface area (TPSA) is 145 Å².